The lowest BCUT2D eigenvalue weighted by atomic mass is 10.1. The molecule has 104 valence electrons. The van der Waals surface area contributed by atoms with Gasteiger partial charge < -0.3 is 9.74 Å². The summed E-state index contributed by atoms with van der Waals surface area (Å²) < 4.78 is 6.57. The molecule has 0 bridgehead atoms. The summed E-state index contributed by atoms with van der Waals surface area (Å²) in [6.07, 6.45) is 9.94. The zero-order valence-corrected chi connectivity index (χ0v) is 15.3. The minimum absolute atomic E-state index is 0.230. The van der Waals surface area contributed by atoms with Gasteiger partial charge in [-0.05, 0) is 13.1 Å². The third-order valence-corrected chi connectivity index (χ3v) is 23.7. The molecule has 5 heteroatoms. The first-order valence-electron chi connectivity index (χ1n) is 6.59. The van der Waals surface area contributed by atoms with Crippen LogP contribution >= 0.6 is 15.2 Å². The Labute approximate surface area is 116 Å². The van der Waals surface area contributed by atoms with E-state index >= 15 is 0 Å². The Morgan fingerprint density at radius 1 is 1.50 bits per heavy atom. The van der Waals surface area contributed by atoms with Crippen molar-refractivity contribution in [1.29, 1.82) is 0 Å². The van der Waals surface area contributed by atoms with E-state index in [-0.39, 0.29) is 12.1 Å². The van der Waals surface area contributed by atoms with Gasteiger partial charge in [0, 0.05) is 17.6 Å². The molecule has 1 aliphatic heterocycles. The van der Waals surface area contributed by atoms with Crippen LogP contribution in [0.4, 0.5) is 0 Å². The minimum atomic E-state index is -1.72. The van der Waals surface area contributed by atoms with Crippen LogP contribution in [0.5, 0.6) is 0 Å². The number of nitrogens with one attached hydrogen (secondary N) is 1. The highest BCUT2D eigenvalue weighted by atomic mass is 31.6. The fourth-order valence-electron chi connectivity index (χ4n) is 2.55. The average Bonchev–Trinajstić information content (AvgIpc) is 2.29. The average molecular weight is 304 g/mol. The molecule has 0 aromatic rings. The van der Waals surface area contributed by atoms with Gasteiger partial charge in [0.1, 0.15) is 0 Å². The Balaban J connectivity index is 2.73. The predicted octanol–water partition coefficient (Wildman–Crippen LogP) is 3.51. The van der Waals surface area contributed by atoms with Crippen molar-refractivity contribution in [3.63, 3.8) is 0 Å². The van der Waals surface area contributed by atoms with Crippen molar-refractivity contribution in [2.75, 3.05) is 26.5 Å². The zero-order chi connectivity index (χ0) is 13.8. The van der Waals surface area contributed by atoms with E-state index in [4.69, 9.17) is 4.43 Å². The molecule has 0 aromatic carbocycles. The smallest absolute Gasteiger partial charge is 0.375 e. The summed E-state index contributed by atoms with van der Waals surface area (Å²) in [7, 11) is -1.04. The van der Waals surface area contributed by atoms with Crippen LogP contribution in [0, 0.1) is 0 Å². The second-order valence-corrected chi connectivity index (χ2v) is 20.0. The van der Waals surface area contributed by atoms with Crippen LogP contribution in [0.15, 0.2) is 12.2 Å². The summed E-state index contributed by atoms with van der Waals surface area (Å²) in [5, 5.41) is 3.79. The van der Waals surface area contributed by atoms with Crippen molar-refractivity contribution in [2.24, 2.45) is 0 Å². The third kappa shape index (κ3) is 3.74. The fraction of sp³-hybridized carbons (Fsp3) is 0.769. The van der Waals surface area contributed by atoms with Crippen molar-refractivity contribution >= 4 is 29.2 Å². The third-order valence-electron chi connectivity index (χ3n) is 3.50. The van der Waals surface area contributed by atoms with Gasteiger partial charge in [0.15, 0.2) is 0 Å². The molecule has 4 unspecified atom stereocenters. The Morgan fingerprint density at radius 3 is 2.56 bits per heavy atom. The molecule has 0 amide bonds. The normalized spacial score (nSPS) is 25.4. The number of rotatable bonds is 5. The van der Waals surface area contributed by atoms with Crippen molar-refractivity contribution < 1.29 is 4.43 Å². The van der Waals surface area contributed by atoms with E-state index in [1.165, 1.54) is 0 Å². The van der Waals surface area contributed by atoms with Gasteiger partial charge >= 0.3 is 7.65 Å². The van der Waals surface area contributed by atoms with Crippen molar-refractivity contribution in [1.82, 2.24) is 5.32 Å². The van der Waals surface area contributed by atoms with Crippen LogP contribution < -0.4 is 5.32 Å². The highest BCUT2D eigenvalue weighted by molar-refractivity contribution is 8.16. The maximum absolute atomic E-state index is 6.57. The number of hydrogen-bond donors (Lipinski definition) is 1. The highest BCUT2D eigenvalue weighted by Gasteiger charge is 2.57. The molecule has 1 aliphatic rings. The second kappa shape index (κ2) is 6.77. The molecule has 0 fully saturated rings. The molecular formula is C13H28NOP2Si+. The van der Waals surface area contributed by atoms with Gasteiger partial charge in [-0.15, -0.1) is 0 Å². The predicted molar refractivity (Wildman–Crippen MR) is 91.2 cm³/mol. The summed E-state index contributed by atoms with van der Waals surface area (Å²) in [6.45, 7) is 13.5. The van der Waals surface area contributed by atoms with E-state index in [2.05, 4.69) is 57.9 Å². The molecule has 0 aromatic heterocycles. The quantitative estimate of drug-likeness (QED) is 0.477. The molecule has 0 radical (unpaired) electrons. The molecule has 1 rings (SSSR count). The van der Waals surface area contributed by atoms with Crippen molar-refractivity contribution in [3.05, 3.63) is 12.2 Å². The topological polar surface area (TPSA) is 21.3 Å². The van der Waals surface area contributed by atoms with E-state index in [1.807, 2.05) is 0 Å². The van der Waals surface area contributed by atoms with Crippen molar-refractivity contribution in [2.45, 2.75) is 38.3 Å². The molecule has 0 saturated carbocycles. The van der Waals surface area contributed by atoms with E-state index in [0.717, 1.165) is 27.7 Å². The lowest BCUT2D eigenvalue weighted by Crippen LogP contribution is -2.45. The van der Waals surface area contributed by atoms with Gasteiger partial charge in [-0.25, -0.2) is 0 Å². The van der Waals surface area contributed by atoms with Crippen LogP contribution in [0.25, 0.3) is 0 Å². The van der Waals surface area contributed by atoms with Gasteiger partial charge in [0.05, 0.1) is 26.7 Å². The molecule has 1 N–H and O–H groups in total. The summed E-state index contributed by atoms with van der Waals surface area (Å²) in [5.41, 5.74) is 0. The van der Waals surface area contributed by atoms with E-state index in [9.17, 15) is 0 Å². The Bertz CT molecular complexity index is 327. The summed E-state index contributed by atoms with van der Waals surface area (Å²) in [5.74, 6) is 0. The molecule has 0 spiro atoms. The lowest BCUT2D eigenvalue weighted by Gasteiger charge is -2.35. The standard InChI is InChI=1S/C13H28NOP2Si/c1-13(2,3)18(16-4,17(5)6)15-11-12-9-7-8-10-14-12/h7-8,12,14,16H,5,9-11H2,1-4,6H3/q+1. The first kappa shape index (κ1) is 16.5. The summed E-state index contributed by atoms with van der Waals surface area (Å²) in [6, 6.07) is 0.496. The van der Waals surface area contributed by atoms with Crippen LogP contribution in [0.3, 0.4) is 0 Å². The molecule has 0 aliphatic carbocycles. The first-order chi connectivity index (χ1) is 8.33. The summed E-state index contributed by atoms with van der Waals surface area (Å²) >= 11 is 0. The van der Waals surface area contributed by atoms with Gasteiger partial charge in [0.2, 0.25) is 0 Å². The SMILES string of the molecule is C=[P+](C)[Si](OCC1CC=CCN1)(PC)C(C)(C)C. The van der Waals surface area contributed by atoms with E-state index in [1.54, 1.807) is 0 Å². The molecule has 18 heavy (non-hydrogen) atoms. The van der Waals surface area contributed by atoms with Crippen LogP contribution in [0.2, 0.25) is 5.04 Å². The van der Waals surface area contributed by atoms with Crippen LogP contribution in [-0.2, 0) is 4.43 Å². The lowest BCUT2D eigenvalue weighted by molar-refractivity contribution is 0.259. The van der Waals surface area contributed by atoms with Crippen molar-refractivity contribution in [3.8, 4) is 0 Å². The van der Waals surface area contributed by atoms with Gasteiger partial charge in [-0.2, -0.15) is 0 Å². The van der Waals surface area contributed by atoms with Gasteiger partial charge in [0.25, 0.3) is 0 Å². The second-order valence-electron chi connectivity index (χ2n) is 5.97. The Kier molecular flexibility index (Phi) is 6.22. The number of hydrogen-bond acceptors (Lipinski definition) is 2. The van der Waals surface area contributed by atoms with Gasteiger partial charge in [-0.3, -0.25) is 0 Å². The van der Waals surface area contributed by atoms with Crippen LogP contribution in [0.1, 0.15) is 27.2 Å². The molecule has 2 nitrogen and oxygen atoms in total. The summed E-state index contributed by atoms with van der Waals surface area (Å²) in [4.78, 5) is 0. The maximum Gasteiger partial charge on any atom is 0.453 e. The fourth-order valence-corrected chi connectivity index (χ4v) is 17.9. The Morgan fingerprint density at radius 2 is 2.17 bits per heavy atom. The molecule has 4 atom stereocenters. The van der Waals surface area contributed by atoms with E-state index < -0.39 is 7.65 Å². The monoisotopic (exact) mass is 304 g/mol. The van der Waals surface area contributed by atoms with Crippen LogP contribution in [-0.4, -0.2) is 46.5 Å². The Hall–Kier alpha value is 0.477. The molecular weight excluding hydrogens is 276 g/mol. The highest BCUT2D eigenvalue weighted by Crippen LogP contribution is 2.58. The minimum Gasteiger partial charge on any atom is -0.375 e. The largest absolute Gasteiger partial charge is 0.453 e. The molecule has 1 heterocycles. The molecule has 0 saturated heterocycles. The maximum atomic E-state index is 6.57. The zero-order valence-electron chi connectivity index (χ0n) is 12.4. The van der Waals surface area contributed by atoms with E-state index in [0.29, 0.717) is 6.04 Å². The first-order valence-corrected chi connectivity index (χ1v) is 13.8. The van der Waals surface area contributed by atoms with Gasteiger partial charge in [-0.1, -0.05) is 41.1 Å².